The van der Waals surface area contributed by atoms with E-state index in [0.717, 1.165) is 5.76 Å². The first-order chi connectivity index (χ1) is 5.79. The molecular formula is C10H13O2-. The zero-order chi connectivity index (χ0) is 8.81. The van der Waals surface area contributed by atoms with Crippen molar-refractivity contribution in [1.29, 1.82) is 0 Å². The van der Waals surface area contributed by atoms with E-state index >= 15 is 0 Å². The molecule has 0 saturated carbocycles. The van der Waals surface area contributed by atoms with Gasteiger partial charge in [0.05, 0.1) is 6.61 Å². The third-order valence-corrected chi connectivity index (χ3v) is 1.33. The molecule has 0 spiro atoms. The van der Waals surface area contributed by atoms with Crippen molar-refractivity contribution in [3.63, 3.8) is 0 Å². The molecule has 0 aromatic carbocycles. The summed E-state index contributed by atoms with van der Waals surface area (Å²) in [6, 6.07) is 0. The fourth-order valence-corrected chi connectivity index (χ4v) is 0.703. The van der Waals surface area contributed by atoms with E-state index in [1.165, 1.54) is 5.57 Å². The highest BCUT2D eigenvalue weighted by atomic mass is 16.5. The molecule has 0 atom stereocenters. The molecule has 0 N–H and O–H groups in total. The summed E-state index contributed by atoms with van der Waals surface area (Å²) in [5.74, 6) is 0.747. The summed E-state index contributed by atoms with van der Waals surface area (Å²) in [4.78, 5) is 0. The van der Waals surface area contributed by atoms with Crippen LogP contribution in [0.2, 0.25) is 0 Å². The summed E-state index contributed by atoms with van der Waals surface area (Å²) >= 11 is 0. The van der Waals surface area contributed by atoms with E-state index in [9.17, 15) is 0 Å². The highest BCUT2D eigenvalue weighted by Crippen LogP contribution is 2.11. The van der Waals surface area contributed by atoms with Crippen LogP contribution in [0.25, 0.3) is 0 Å². The first kappa shape index (κ1) is 8.78. The molecular weight excluding hydrogens is 152 g/mol. The summed E-state index contributed by atoms with van der Waals surface area (Å²) in [6.45, 7) is 4.68. The van der Waals surface area contributed by atoms with Crippen molar-refractivity contribution < 1.29 is 9.47 Å². The standard InChI is InChI=1S/C10H13O2/c1-9(2)5-7-11-8-10-4-3-6-12-10/h3-6,8H,7H2,1-2H3/q-1/b10-8-. The molecule has 0 aromatic rings. The van der Waals surface area contributed by atoms with Crippen LogP contribution >= 0.6 is 0 Å². The van der Waals surface area contributed by atoms with Crippen molar-refractivity contribution in [2.45, 2.75) is 13.8 Å². The van der Waals surface area contributed by atoms with Gasteiger partial charge in [0.15, 0.2) is 0 Å². The lowest BCUT2D eigenvalue weighted by Gasteiger charge is -2.06. The van der Waals surface area contributed by atoms with Gasteiger partial charge < -0.3 is 9.47 Å². The number of rotatable bonds is 3. The number of allylic oxidation sites excluding steroid dienone is 2. The Labute approximate surface area is 73.2 Å². The number of ether oxygens (including phenoxy) is 2. The van der Waals surface area contributed by atoms with Crippen molar-refractivity contribution >= 4 is 0 Å². The smallest absolute Gasteiger partial charge is 0.0895 e. The van der Waals surface area contributed by atoms with Crippen LogP contribution in [0.1, 0.15) is 13.8 Å². The van der Waals surface area contributed by atoms with Crippen LogP contribution in [-0.4, -0.2) is 6.61 Å². The lowest BCUT2D eigenvalue weighted by atomic mass is 10.3. The van der Waals surface area contributed by atoms with Crippen LogP contribution in [0.5, 0.6) is 0 Å². The molecule has 0 aromatic heterocycles. The minimum absolute atomic E-state index is 0.600. The second-order valence-corrected chi connectivity index (χ2v) is 2.75. The van der Waals surface area contributed by atoms with Crippen molar-refractivity contribution in [2.24, 2.45) is 0 Å². The van der Waals surface area contributed by atoms with Gasteiger partial charge in [0.2, 0.25) is 0 Å². The Kier molecular flexibility index (Phi) is 3.33. The Morgan fingerprint density at radius 2 is 2.50 bits per heavy atom. The summed E-state index contributed by atoms with van der Waals surface area (Å²) < 4.78 is 10.2. The molecule has 0 aliphatic carbocycles. The zero-order valence-corrected chi connectivity index (χ0v) is 7.41. The molecule has 0 radical (unpaired) electrons. The van der Waals surface area contributed by atoms with E-state index in [1.807, 2.05) is 32.4 Å². The van der Waals surface area contributed by atoms with Gasteiger partial charge in [-0.15, -0.1) is 12.5 Å². The third kappa shape index (κ3) is 3.19. The summed E-state index contributed by atoms with van der Waals surface area (Å²) in [5, 5.41) is 0. The van der Waals surface area contributed by atoms with Crippen LogP contribution in [-0.2, 0) is 9.47 Å². The van der Waals surface area contributed by atoms with Gasteiger partial charge in [-0.3, -0.25) is 0 Å². The van der Waals surface area contributed by atoms with E-state index in [4.69, 9.17) is 9.47 Å². The van der Waals surface area contributed by atoms with Gasteiger partial charge in [-0.05, 0) is 20.1 Å². The topological polar surface area (TPSA) is 18.5 Å². The lowest BCUT2D eigenvalue weighted by molar-refractivity contribution is 0.260. The van der Waals surface area contributed by atoms with Crippen molar-refractivity contribution in [3.05, 3.63) is 42.4 Å². The molecule has 66 valence electrons. The van der Waals surface area contributed by atoms with Gasteiger partial charge in [-0.1, -0.05) is 11.6 Å². The molecule has 1 rings (SSSR count). The molecule has 12 heavy (non-hydrogen) atoms. The van der Waals surface area contributed by atoms with Crippen LogP contribution in [0.15, 0.2) is 36.0 Å². The summed E-state index contributed by atoms with van der Waals surface area (Å²) in [5.41, 5.74) is 1.25. The molecule has 0 fully saturated rings. The van der Waals surface area contributed by atoms with Crippen LogP contribution in [0.3, 0.4) is 0 Å². The Bertz CT molecular complexity index is 210. The maximum Gasteiger partial charge on any atom is 0.0895 e. The molecule has 1 heterocycles. The molecule has 0 saturated heterocycles. The highest BCUT2D eigenvalue weighted by Gasteiger charge is 1.89. The molecule has 0 unspecified atom stereocenters. The minimum Gasteiger partial charge on any atom is -0.550 e. The maximum absolute atomic E-state index is 5.19. The maximum atomic E-state index is 5.19. The average Bonchev–Trinajstić information content (AvgIpc) is 2.49. The highest BCUT2D eigenvalue weighted by molar-refractivity contribution is 5.19. The average molecular weight is 165 g/mol. The number of hydrogen-bond acceptors (Lipinski definition) is 2. The second kappa shape index (κ2) is 4.54. The molecule has 1 aliphatic heterocycles. The van der Waals surface area contributed by atoms with Gasteiger partial charge in [0, 0.05) is 12.0 Å². The molecule has 2 nitrogen and oxygen atoms in total. The van der Waals surface area contributed by atoms with Gasteiger partial charge in [0.1, 0.15) is 0 Å². The first-order valence-corrected chi connectivity index (χ1v) is 3.91. The Morgan fingerprint density at radius 3 is 3.08 bits per heavy atom. The fraction of sp³-hybridized carbons (Fsp3) is 0.300. The molecule has 1 aliphatic rings. The summed E-state index contributed by atoms with van der Waals surface area (Å²) in [6.07, 6.45) is 8.92. The SMILES string of the molecule is CC(C)=CCO/C=C1/[CH-]C=CO1. The first-order valence-electron chi connectivity index (χ1n) is 3.91. The summed E-state index contributed by atoms with van der Waals surface area (Å²) in [7, 11) is 0. The van der Waals surface area contributed by atoms with Gasteiger partial charge in [0.25, 0.3) is 0 Å². The van der Waals surface area contributed by atoms with Crippen molar-refractivity contribution in [2.75, 3.05) is 6.61 Å². The Hall–Kier alpha value is -1.31. The number of hydrogen-bond donors (Lipinski definition) is 0. The van der Waals surface area contributed by atoms with E-state index < -0.39 is 0 Å². The van der Waals surface area contributed by atoms with E-state index in [-0.39, 0.29) is 0 Å². The van der Waals surface area contributed by atoms with Gasteiger partial charge in [-0.25, -0.2) is 0 Å². The van der Waals surface area contributed by atoms with E-state index in [0.29, 0.717) is 6.61 Å². The predicted octanol–water partition coefficient (Wildman–Crippen LogP) is 2.56. The van der Waals surface area contributed by atoms with Crippen LogP contribution in [0, 0.1) is 6.42 Å². The van der Waals surface area contributed by atoms with Crippen molar-refractivity contribution in [1.82, 2.24) is 0 Å². The van der Waals surface area contributed by atoms with E-state index in [2.05, 4.69) is 0 Å². The van der Waals surface area contributed by atoms with Crippen molar-refractivity contribution in [3.8, 4) is 0 Å². The van der Waals surface area contributed by atoms with E-state index in [1.54, 1.807) is 12.5 Å². The monoisotopic (exact) mass is 165 g/mol. The molecule has 2 heteroatoms. The van der Waals surface area contributed by atoms with Crippen LogP contribution in [0.4, 0.5) is 0 Å². The van der Waals surface area contributed by atoms with Gasteiger partial charge in [-0.2, -0.15) is 0 Å². The lowest BCUT2D eigenvalue weighted by Crippen LogP contribution is -1.86. The second-order valence-electron chi connectivity index (χ2n) is 2.75. The molecule has 0 bridgehead atoms. The Balaban J connectivity index is 2.17. The zero-order valence-electron chi connectivity index (χ0n) is 7.41. The largest absolute Gasteiger partial charge is 0.550 e. The quantitative estimate of drug-likeness (QED) is 0.277. The predicted molar refractivity (Wildman–Crippen MR) is 48.0 cm³/mol. The Morgan fingerprint density at radius 1 is 1.67 bits per heavy atom. The molecule has 0 amide bonds. The minimum atomic E-state index is 0.600. The van der Waals surface area contributed by atoms with Crippen LogP contribution < -0.4 is 0 Å². The van der Waals surface area contributed by atoms with Gasteiger partial charge >= 0.3 is 0 Å². The fourth-order valence-electron chi connectivity index (χ4n) is 0.703. The normalized spacial score (nSPS) is 17.0. The third-order valence-electron chi connectivity index (χ3n) is 1.33.